The Morgan fingerprint density at radius 2 is 1.84 bits per heavy atom. The lowest BCUT2D eigenvalue weighted by molar-refractivity contribution is -0.112. The second-order valence-corrected chi connectivity index (χ2v) is 3.75. The van der Waals surface area contributed by atoms with Gasteiger partial charge in [-0.1, -0.05) is 18.2 Å². The van der Waals surface area contributed by atoms with Gasteiger partial charge in [0.2, 0.25) is 0 Å². The lowest BCUT2D eigenvalue weighted by Gasteiger charge is -1.96. The largest absolute Gasteiger partial charge is 0.512 e. The van der Waals surface area contributed by atoms with Gasteiger partial charge in [-0.3, -0.25) is 9.78 Å². The standard InChI is InChI=1S/C9H7NO.C5H8O2.Al.3H/c11-8-5-1-3-7-4-2-6-10-9(7)8;1-4(6)3-5(2)7;;;;/h1-6,11H;3,6H,1-2H3;;;;/b;4-3-;;;;. The molecule has 1 aromatic carbocycles. The summed E-state index contributed by atoms with van der Waals surface area (Å²) < 4.78 is 0. The average molecular weight is 275 g/mol. The molecule has 0 atom stereocenters. The average Bonchev–Trinajstić information content (AvgIpc) is 2.29. The molecule has 0 saturated heterocycles. The number of rotatable bonds is 1. The maximum absolute atomic E-state index is 10.0. The van der Waals surface area contributed by atoms with Crippen LogP contribution in [-0.4, -0.2) is 38.3 Å². The molecular weight excluding hydrogens is 257 g/mol. The normalized spacial score (nSPS) is 10.1. The van der Waals surface area contributed by atoms with Crippen LogP contribution in [0.3, 0.4) is 0 Å². The van der Waals surface area contributed by atoms with E-state index in [2.05, 4.69) is 4.98 Å². The Balaban J connectivity index is 0.000000360. The highest BCUT2D eigenvalue weighted by Gasteiger charge is 1.96. The van der Waals surface area contributed by atoms with Crippen LogP contribution in [0.5, 0.6) is 5.75 Å². The summed E-state index contributed by atoms with van der Waals surface area (Å²) in [6.07, 6.45) is 2.84. The number of pyridine rings is 1. The van der Waals surface area contributed by atoms with Crippen molar-refractivity contribution in [2.45, 2.75) is 13.8 Å². The van der Waals surface area contributed by atoms with Crippen molar-refractivity contribution in [2.75, 3.05) is 0 Å². The van der Waals surface area contributed by atoms with E-state index in [1.165, 1.54) is 19.9 Å². The number of allylic oxidation sites excluding steroid dienone is 2. The van der Waals surface area contributed by atoms with Gasteiger partial charge in [0.15, 0.2) is 23.1 Å². The summed E-state index contributed by atoms with van der Waals surface area (Å²) in [6, 6.07) is 9.13. The third-order valence-electron chi connectivity index (χ3n) is 2.02. The number of para-hydroxylation sites is 1. The first-order valence-corrected chi connectivity index (χ1v) is 5.41. The molecule has 0 bridgehead atoms. The summed E-state index contributed by atoms with van der Waals surface area (Å²) in [4.78, 5) is 14.0. The van der Waals surface area contributed by atoms with Crippen molar-refractivity contribution in [3.05, 3.63) is 48.4 Å². The van der Waals surface area contributed by atoms with Gasteiger partial charge < -0.3 is 10.2 Å². The molecular formula is C14H18AlNO3. The van der Waals surface area contributed by atoms with Crippen LogP contribution in [0.2, 0.25) is 0 Å². The minimum Gasteiger partial charge on any atom is -0.512 e. The topological polar surface area (TPSA) is 70.4 Å². The SMILES string of the molecule is CC(=O)/C=C(/C)O.Oc1cccc2cccnc12.[AlH3]. The predicted octanol–water partition coefficient (Wildman–Crippen LogP) is 1.79. The van der Waals surface area contributed by atoms with Crippen molar-refractivity contribution in [3.63, 3.8) is 0 Å². The minimum atomic E-state index is -0.125. The van der Waals surface area contributed by atoms with E-state index in [1.54, 1.807) is 18.3 Å². The number of hydrogen-bond donors (Lipinski definition) is 2. The maximum Gasteiger partial charge on any atom is 0.187 e. The Bertz CT molecular complexity index is 572. The number of ketones is 1. The van der Waals surface area contributed by atoms with Crippen LogP contribution < -0.4 is 0 Å². The highest BCUT2D eigenvalue weighted by atomic mass is 27.0. The van der Waals surface area contributed by atoms with Crippen molar-refractivity contribution in [3.8, 4) is 5.75 Å². The molecule has 0 saturated carbocycles. The van der Waals surface area contributed by atoms with E-state index < -0.39 is 0 Å². The lowest BCUT2D eigenvalue weighted by atomic mass is 10.2. The maximum atomic E-state index is 10.0. The molecule has 0 amide bonds. The molecule has 1 heterocycles. The van der Waals surface area contributed by atoms with Crippen LogP contribution in [0.4, 0.5) is 0 Å². The molecule has 4 nitrogen and oxygen atoms in total. The Labute approximate surface area is 122 Å². The van der Waals surface area contributed by atoms with Crippen LogP contribution >= 0.6 is 0 Å². The molecule has 5 heteroatoms. The molecule has 0 aliphatic heterocycles. The van der Waals surface area contributed by atoms with E-state index in [-0.39, 0.29) is 34.7 Å². The fourth-order valence-corrected chi connectivity index (χ4v) is 1.38. The Kier molecular flexibility index (Phi) is 7.51. The number of carbonyl (C=O) groups excluding carboxylic acids is 1. The van der Waals surface area contributed by atoms with Gasteiger partial charge in [0.05, 0.1) is 5.76 Å². The zero-order valence-corrected chi connectivity index (χ0v) is 10.3. The number of fused-ring (bicyclic) bond motifs is 1. The number of phenols is 1. The van der Waals surface area contributed by atoms with Gasteiger partial charge in [0, 0.05) is 17.7 Å². The first-order valence-electron chi connectivity index (χ1n) is 5.41. The molecule has 100 valence electrons. The van der Waals surface area contributed by atoms with Crippen LogP contribution in [0, 0.1) is 0 Å². The first kappa shape index (κ1) is 17.2. The van der Waals surface area contributed by atoms with Gasteiger partial charge in [-0.05, 0) is 26.0 Å². The second kappa shape index (κ2) is 8.31. The van der Waals surface area contributed by atoms with Crippen LogP contribution in [0.1, 0.15) is 13.8 Å². The number of nitrogens with zero attached hydrogens (tertiary/aromatic N) is 1. The summed E-state index contributed by atoms with van der Waals surface area (Å²) in [5.41, 5.74) is 0.662. The lowest BCUT2D eigenvalue weighted by Crippen LogP contribution is -1.82. The van der Waals surface area contributed by atoms with Gasteiger partial charge in [0.25, 0.3) is 0 Å². The molecule has 1 aromatic heterocycles. The number of phenolic OH excluding ortho intramolecular Hbond substituents is 1. The van der Waals surface area contributed by atoms with Crippen molar-refractivity contribution in [2.24, 2.45) is 0 Å². The number of aliphatic hydroxyl groups is 1. The van der Waals surface area contributed by atoms with Crippen LogP contribution in [0.25, 0.3) is 10.9 Å². The molecule has 0 fully saturated rings. The summed E-state index contributed by atoms with van der Waals surface area (Å²) in [5, 5.41) is 18.6. The predicted molar refractivity (Wildman–Crippen MR) is 80.4 cm³/mol. The van der Waals surface area contributed by atoms with Crippen LogP contribution in [-0.2, 0) is 4.79 Å². The number of aromatic nitrogens is 1. The van der Waals surface area contributed by atoms with Gasteiger partial charge >= 0.3 is 0 Å². The number of aliphatic hydroxyl groups excluding tert-OH is 1. The van der Waals surface area contributed by atoms with Crippen LogP contribution in [0.15, 0.2) is 48.4 Å². The highest BCUT2D eigenvalue weighted by Crippen LogP contribution is 2.20. The molecule has 0 unspecified atom stereocenters. The molecule has 0 radical (unpaired) electrons. The quantitative estimate of drug-likeness (QED) is 0.473. The first-order chi connectivity index (χ1) is 8.50. The number of benzene rings is 1. The Morgan fingerprint density at radius 3 is 2.32 bits per heavy atom. The fourth-order valence-electron chi connectivity index (χ4n) is 1.38. The van der Waals surface area contributed by atoms with Crippen molar-refractivity contribution in [1.82, 2.24) is 4.98 Å². The molecule has 2 aromatic rings. The monoisotopic (exact) mass is 275 g/mol. The second-order valence-electron chi connectivity index (χ2n) is 3.75. The zero-order valence-electron chi connectivity index (χ0n) is 10.3. The van der Waals surface area contributed by atoms with Gasteiger partial charge in [0.1, 0.15) is 11.3 Å². The summed E-state index contributed by atoms with van der Waals surface area (Å²) in [7, 11) is 0. The number of hydrogen-bond acceptors (Lipinski definition) is 4. The van der Waals surface area contributed by atoms with E-state index in [0.29, 0.717) is 5.52 Å². The number of carbonyl (C=O) groups is 1. The molecule has 2 N–H and O–H groups in total. The smallest absolute Gasteiger partial charge is 0.187 e. The summed E-state index contributed by atoms with van der Waals surface area (Å²) in [6.45, 7) is 2.85. The summed E-state index contributed by atoms with van der Waals surface area (Å²) >= 11 is 0. The van der Waals surface area contributed by atoms with E-state index in [0.717, 1.165) is 5.39 Å². The van der Waals surface area contributed by atoms with E-state index >= 15 is 0 Å². The summed E-state index contributed by atoms with van der Waals surface area (Å²) in [5.74, 6) is 0.176. The van der Waals surface area contributed by atoms with Gasteiger partial charge in [-0.15, -0.1) is 0 Å². The highest BCUT2D eigenvalue weighted by molar-refractivity contribution is 5.87. The van der Waals surface area contributed by atoms with E-state index in [4.69, 9.17) is 5.11 Å². The molecule has 0 spiro atoms. The molecule has 0 aliphatic carbocycles. The van der Waals surface area contributed by atoms with Crippen molar-refractivity contribution >= 4 is 34.0 Å². The zero-order chi connectivity index (χ0) is 13.5. The third-order valence-corrected chi connectivity index (χ3v) is 2.02. The molecule has 2 rings (SSSR count). The van der Waals surface area contributed by atoms with Crippen molar-refractivity contribution < 1.29 is 15.0 Å². The van der Waals surface area contributed by atoms with Gasteiger partial charge in [-0.2, -0.15) is 0 Å². The minimum absolute atomic E-state index is 0. The van der Waals surface area contributed by atoms with Crippen molar-refractivity contribution in [1.29, 1.82) is 0 Å². The third kappa shape index (κ3) is 6.05. The molecule has 19 heavy (non-hydrogen) atoms. The molecule has 0 aliphatic rings. The Morgan fingerprint density at radius 1 is 1.21 bits per heavy atom. The Hall–Kier alpha value is -1.83. The number of aromatic hydroxyl groups is 1. The van der Waals surface area contributed by atoms with Gasteiger partial charge in [-0.25, -0.2) is 0 Å². The fraction of sp³-hybridized carbons (Fsp3) is 0.143. The van der Waals surface area contributed by atoms with E-state index in [1.807, 2.05) is 18.2 Å². The van der Waals surface area contributed by atoms with E-state index in [9.17, 15) is 9.90 Å².